The van der Waals surface area contributed by atoms with Crippen LogP contribution in [-0.4, -0.2) is 36.1 Å². The van der Waals surface area contributed by atoms with Crippen LogP contribution in [0.5, 0.6) is 17.2 Å². The van der Waals surface area contributed by atoms with E-state index in [0.717, 1.165) is 11.3 Å². The Morgan fingerprint density at radius 2 is 1.70 bits per heavy atom. The van der Waals surface area contributed by atoms with Crippen molar-refractivity contribution in [1.82, 2.24) is 4.90 Å². The van der Waals surface area contributed by atoms with Crippen LogP contribution in [0.2, 0.25) is 0 Å². The van der Waals surface area contributed by atoms with Gasteiger partial charge >= 0.3 is 0 Å². The van der Waals surface area contributed by atoms with Crippen molar-refractivity contribution in [1.29, 1.82) is 0 Å². The molecule has 1 N–H and O–H groups in total. The third-order valence-electron chi connectivity index (χ3n) is 4.85. The van der Waals surface area contributed by atoms with Crippen LogP contribution in [0, 0.1) is 5.82 Å². The highest BCUT2D eigenvalue weighted by Crippen LogP contribution is 2.33. The lowest BCUT2D eigenvalue weighted by molar-refractivity contribution is 0.0624. The molecule has 0 bridgehead atoms. The minimum atomic E-state index is -0.731. The third kappa shape index (κ3) is 5.28. The van der Waals surface area contributed by atoms with Crippen molar-refractivity contribution in [3.63, 3.8) is 0 Å². The fourth-order valence-electron chi connectivity index (χ4n) is 3.41. The summed E-state index contributed by atoms with van der Waals surface area (Å²) in [6.45, 7) is 1.58. The molecule has 0 amide bonds. The van der Waals surface area contributed by atoms with Gasteiger partial charge in [0, 0.05) is 25.2 Å². The second-order valence-corrected chi connectivity index (χ2v) is 7.23. The molecular weight excluding hydrogens is 385 g/mol. The van der Waals surface area contributed by atoms with Gasteiger partial charge in [-0.2, -0.15) is 0 Å². The Bertz CT molecular complexity index is 966. The Kier molecular flexibility index (Phi) is 6.47. The molecule has 1 heterocycles. The largest absolute Gasteiger partial charge is 0.491 e. The summed E-state index contributed by atoms with van der Waals surface area (Å²) in [4.78, 5) is 2.00. The average molecular weight is 409 g/mol. The summed E-state index contributed by atoms with van der Waals surface area (Å²) in [5, 5.41) is 10.6. The molecule has 4 rings (SSSR count). The van der Waals surface area contributed by atoms with E-state index < -0.39 is 6.10 Å². The molecule has 1 aliphatic heterocycles. The van der Waals surface area contributed by atoms with Gasteiger partial charge < -0.3 is 19.3 Å². The summed E-state index contributed by atoms with van der Waals surface area (Å²) in [5.74, 6) is 1.86. The van der Waals surface area contributed by atoms with E-state index in [9.17, 15) is 9.50 Å². The van der Waals surface area contributed by atoms with Crippen LogP contribution >= 0.6 is 0 Å². The monoisotopic (exact) mass is 409 g/mol. The van der Waals surface area contributed by atoms with E-state index in [2.05, 4.69) is 0 Å². The van der Waals surface area contributed by atoms with E-state index in [1.807, 2.05) is 59.5 Å². The number of rotatable bonds is 9. The van der Waals surface area contributed by atoms with Crippen molar-refractivity contribution >= 4 is 0 Å². The van der Waals surface area contributed by atoms with Gasteiger partial charge in [-0.25, -0.2) is 4.39 Å². The lowest BCUT2D eigenvalue weighted by Crippen LogP contribution is -2.35. The van der Waals surface area contributed by atoms with Gasteiger partial charge in [-0.3, -0.25) is 4.90 Å². The van der Waals surface area contributed by atoms with Gasteiger partial charge in [0.05, 0.1) is 0 Å². The Morgan fingerprint density at radius 1 is 0.933 bits per heavy atom. The van der Waals surface area contributed by atoms with Gasteiger partial charge in [-0.1, -0.05) is 42.5 Å². The number of hydrogen-bond acceptors (Lipinski definition) is 5. The fraction of sp³-hybridized carbons (Fsp3) is 0.250. The fourth-order valence-corrected chi connectivity index (χ4v) is 3.41. The number of para-hydroxylation sites is 1. The Morgan fingerprint density at radius 3 is 2.53 bits per heavy atom. The van der Waals surface area contributed by atoms with Crippen molar-refractivity contribution < 1.29 is 23.7 Å². The lowest BCUT2D eigenvalue weighted by Gasteiger charge is -2.25. The molecule has 156 valence electrons. The molecule has 3 aromatic carbocycles. The molecular formula is C24H24FNO4. The molecule has 0 spiro atoms. The van der Waals surface area contributed by atoms with E-state index in [0.29, 0.717) is 36.7 Å². The zero-order valence-corrected chi connectivity index (χ0v) is 16.5. The normalized spacial score (nSPS) is 13.4. The van der Waals surface area contributed by atoms with E-state index in [4.69, 9.17) is 14.2 Å². The number of fused-ring (bicyclic) bond motifs is 1. The Hall–Kier alpha value is -3.09. The SMILES string of the molecule is OC(COc1ccccc1)CN(Cc1ccc2c(c1)OCO2)Cc1ccccc1F. The highest BCUT2D eigenvalue weighted by Gasteiger charge is 2.18. The van der Waals surface area contributed by atoms with E-state index in [-0.39, 0.29) is 19.2 Å². The number of aliphatic hydroxyl groups is 1. The van der Waals surface area contributed by atoms with Gasteiger partial charge in [0.15, 0.2) is 11.5 Å². The molecule has 1 aliphatic rings. The Balaban J connectivity index is 1.44. The average Bonchev–Trinajstić information content (AvgIpc) is 3.22. The van der Waals surface area contributed by atoms with Crippen LogP contribution in [0.4, 0.5) is 4.39 Å². The molecule has 0 saturated carbocycles. The number of ether oxygens (including phenoxy) is 3. The second kappa shape index (κ2) is 9.61. The molecule has 1 atom stereocenters. The maximum atomic E-state index is 14.2. The number of benzene rings is 3. The van der Waals surface area contributed by atoms with Crippen LogP contribution in [0.1, 0.15) is 11.1 Å². The van der Waals surface area contributed by atoms with Crippen LogP contribution in [-0.2, 0) is 13.1 Å². The molecule has 0 aliphatic carbocycles. The van der Waals surface area contributed by atoms with Crippen LogP contribution in [0.3, 0.4) is 0 Å². The highest BCUT2D eigenvalue weighted by molar-refractivity contribution is 5.44. The summed E-state index contributed by atoms with van der Waals surface area (Å²) < 4.78 is 30.7. The predicted octanol–water partition coefficient (Wildman–Crippen LogP) is 4.00. The summed E-state index contributed by atoms with van der Waals surface area (Å²) in [6, 6.07) is 21.8. The van der Waals surface area contributed by atoms with E-state index >= 15 is 0 Å². The minimum absolute atomic E-state index is 0.152. The zero-order chi connectivity index (χ0) is 20.8. The standard InChI is InChI=1S/C24H24FNO4/c25-22-9-5-4-6-19(22)14-26(13-18-10-11-23-24(12-18)30-17-29-23)15-20(27)16-28-21-7-2-1-3-8-21/h1-12,20,27H,13-17H2. The number of nitrogens with zero attached hydrogens (tertiary/aromatic N) is 1. The first kappa shape index (κ1) is 20.2. The number of halogens is 1. The van der Waals surface area contributed by atoms with Crippen LogP contribution in [0.15, 0.2) is 72.8 Å². The molecule has 0 saturated heterocycles. The molecule has 3 aromatic rings. The van der Waals surface area contributed by atoms with E-state index in [1.165, 1.54) is 6.07 Å². The molecule has 30 heavy (non-hydrogen) atoms. The van der Waals surface area contributed by atoms with Crippen molar-refractivity contribution in [2.24, 2.45) is 0 Å². The summed E-state index contributed by atoms with van der Waals surface area (Å²) in [7, 11) is 0. The summed E-state index contributed by atoms with van der Waals surface area (Å²) in [6.07, 6.45) is -0.731. The smallest absolute Gasteiger partial charge is 0.231 e. The van der Waals surface area contributed by atoms with Gasteiger partial charge in [0.2, 0.25) is 6.79 Å². The van der Waals surface area contributed by atoms with Gasteiger partial charge in [0.1, 0.15) is 24.3 Å². The molecule has 5 nitrogen and oxygen atoms in total. The lowest BCUT2D eigenvalue weighted by atomic mass is 10.1. The topological polar surface area (TPSA) is 51.2 Å². The molecule has 1 unspecified atom stereocenters. The van der Waals surface area contributed by atoms with Crippen molar-refractivity contribution in [3.8, 4) is 17.2 Å². The first-order chi connectivity index (χ1) is 14.7. The van der Waals surface area contributed by atoms with Crippen molar-refractivity contribution in [3.05, 3.63) is 89.7 Å². The zero-order valence-electron chi connectivity index (χ0n) is 16.5. The van der Waals surface area contributed by atoms with Crippen molar-refractivity contribution in [2.45, 2.75) is 19.2 Å². The summed E-state index contributed by atoms with van der Waals surface area (Å²) >= 11 is 0. The van der Waals surface area contributed by atoms with Crippen LogP contribution in [0.25, 0.3) is 0 Å². The van der Waals surface area contributed by atoms with Crippen LogP contribution < -0.4 is 14.2 Å². The molecule has 6 heteroatoms. The minimum Gasteiger partial charge on any atom is -0.491 e. The van der Waals surface area contributed by atoms with Gasteiger partial charge in [-0.15, -0.1) is 0 Å². The first-order valence-electron chi connectivity index (χ1n) is 9.87. The highest BCUT2D eigenvalue weighted by atomic mass is 19.1. The summed E-state index contributed by atoms with van der Waals surface area (Å²) in [5.41, 5.74) is 1.57. The second-order valence-electron chi connectivity index (χ2n) is 7.23. The van der Waals surface area contributed by atoms with Gasteiger partial charge in [0.25, 0.3) is 0 Å². The molecule has 0 fully saturated rings. The van der Waals surface area contributed by atoms with Crippen molar-refractivity contribution in [2.75, 3.05) is 19.9 Å². The van der Waals surface area contributed by atoms with E-state index in [1.54, 1.807) is 12.1 Å². The van der Waals surface area contributed by atoms with Gasteiger partial charge in [-0.05, 0) is 35.9 Å². The predicted molar refractivity (Wildman–Crippen MR) is 111 cm³/mol. The molecule has 0 aromatic heterocycles. The third-order valence-corrected chi connectivity index (χ3v) is 4.85. The maximum Gasteiger partial charge on any atom is 0.231 e. The Labute approximate surface area is 175 Å². The maximum absolute atomic E-state index is 14.2. The molecule has 0 radical (unpaired) electrons. The first-order valence-corrected chi connectivity index (χ1v) is 9.87. The quantitative estimate of drug-likeness (QED) is 0.579. The number of hydrogen-bond donors (Lipinski definition) is 1. The number of aliphatic hydroxyl groups excluding tert-OH is 1.